The van der Waals surface area contributed by atoms with Crippen molar-refractivity contribution in [2.24, 2.45) is 5.92 Å². The molecule has 0 fully saturated rings. The van der Waals surface area contributed by atoms with Crippen LogP contribution < -0.4 is 5.32 Å². The van der Waals surface area contributed by atoms with E-state index in [0.717, 1.165) is 9.99 Å². The van der Waals surface area contributed by atoms with Crippen LogP contribution in [0.1, 0.15) is 30.6 Å². The third-order valence-electron chi connectivity index (χ3n) is 2.79. The van der Waals surface area contributed by atoms with Crippen LogP contribution in [0, 0.1) is 9.49 Å². The van der Waals surface area contributed by atoms with Crippen LogP contribution in [0.15, 0.2) is 18.5 Å². The Hall–Kier alpha value is -0.690. The molecule has 0 spiro atoms. The molecule has 0 saturated heterocycles. The highest BCUT2D eigenvalue weighted by atomic mass is 127. The summed E-state index contributed by atoms with van der Waals surface area (Å²) in [6.07, 6.45) is 3.62. The molecule has 0 aliphatic carbocycles. The van der Waals surface area contributed by atoms with Crippen LogP contribution in [0.5, 0.6) is 0 Å². The molecule has 2 atom stereocenters. The van der Waals surface area contributed by atoms with Gasteiger partial charge in [-0.3, -0.25) is 9.78 Å². The SMILES string of the molecule is CCC(C)C(O)CNC(=O)c1ccncc1I. The van der Waals surface area contributed by atoms with Crippen LogP contribution in [-0.4, -0.2) is 28.6 Å². The fourth-order valence-electron chi connectivity index (χ4n) is 1.33. The third-order valence-corrected chi connectivity index (χ3v) is 3.65. The summed E-state index contributed by atoms with van der Waals surface area (Å²) in [6, 6.07) is 1.67. The lowest BCUT2D eigenvalue weighted by atomic mass is 10.0. The second-order valence-corrected chi connectivity index (χ2v) is 5.18. The monoisotopic (exact) mass is 348 g/mol. The highest BCUT2D eigenvalue weighted by molar-refractivity contribution is 14.1. The number of hydrogen-bond donors (Lipinski definition) is 2. The van der Waals surface area contributed by atoms with Crippen molar-refractivity contribution in [1.82, 2.24) is 10.3 Å². The minimum absolute atomic E-state index is 0.167. The lowest BCUT2D eigenvalue weighted by molar-refractivity contribution is 0.0849. The summed E-state index contributed by atoms with van der Waals surface area (Å²) in [4.78, 5) is 15.8. The molecule has 2 unspecified atom stereocenters. The Morgan fingerprint density at radius 1 is 1.65 bits per heavy atom. The Kier molecular flexibility index (Phi) is 5.84. The van der Waals surface area contributed by atoms with Crippen LogP contribution in [-0.2, 0) is 0 Å². The second kappa shape index (κ2) is 6.90. The summed E-state index contributed by atoms with van der Waals surface area (Å²) < 4.78 is 0.806. The van der Waals surface area contributed by atoms with Gasteiger partial charge in [0.25, 0.3) is 5.91 Å². The molecule has 0 radical (unpaired) electrons. The third kappa shape index (κ3) is 4.23. The Morgan fingerprint density at radius 3 is 2.94 bits per heavy atom. The average molecular weight is 348 g/mol. The summed E-state index contributed by atoms with van der Waals surface area (Å²) in [6.45, 7) is 4.26. The minimum atomic E-state index is -0.497. The molecule has 0 saturated carbocycles. The van der Waals surface area contributed by atoms with Crippen molar-refractivity contribution in [3.63, 3.8) is 0 Å². The zero-order chi connectivity index (χ0) is 12.8. The standard InChI is InChI=1S/C12H17IN2O2/c1-3-8(2)11(16)7-15-12(17)9-4-5-14-6-10(9)13/h4-6,8,11,16H,3,7H2,1-2H3,(H,15,17). The molecule has 1 heterocycles. The summed E-state index contributed by atoms with van der Waals surface area (Å²) in [7, 11) is 0. The van der Waals surface area contributed by atoms with E-state index in [1.807, 2.05) is 13.8 Å². The van der Waals surface area contributed by atoms with Crippen LogP contribution in [0.3, 0.4) is 0 Å². The van der Waals surface area contributed by atoms with Crippen molar-refractivity contribution in [2.45, 2.75) is 26.4 Å². The van der Waals surface area contributed by atoms with Gasteiger partial charge in [0.2, 0.25) is 0 Å². The lowest BCUT2D eigenvalue weighted by Crippen LogP contribution is -2.35. The number of pyridine rings is 1. The fourth-order valence-corrected chi connectivity index (χ4v) is 1.91. The number of carbonyl (C=O) groups excluding carboxylic acids is 1. The average Bonchev–Trinajstić information content (AvgIpc) is 2.35. The molecular weight excluding hydrogens is 331 g/mol. The number of hydrogen-bond acceptors (Lipinski definition) is 3. The van der Waals surface area contributed by atoms with E-state index in [1.165, 1.54) is 0 Å². The van der Waals surface area contributed by atoms with Crippen LogP contribution in [0.4, 0.5) is 0 Å². The normalized spacial score (nSPS) is 14.1. The first-order valence-corrected chi connectivity index (χ1v) is 6.69. The molecule has 0 aliphatic heterocycles. The van der Waals surface area contributed by atoms with Crippen molar-refractivity contribution in [3.05, 3.63) is 27.6 Å². The van der Waals surface area contributed by atoms with Crippen molar-refractivity contribution < 1.29 is 9.90 Å². The molecule has 94 valence electrons. The van der Waals surface area contributed by atoms with Gasteiger partial charge in [-0.2, -0.15) is 0 Å². The molecule has 4 nitrogen and oxygen atoms in total. The van der Waals surface area contributed by atoms with Gasteiger partial charge in [0.15, 0.2) is 0 Å². The van der Waals surface area contributed by atoms with Crippen molar-refractivity contribution >= 4 is 28.5 Å². The number of aromatic nitrogens is 1. The summed E-state index contributed by atoms with van der Waals surface area (Å²) in [5.41, 5.74) is 0.594. The number of aliphatic hydroxyl groups excluding tert-OH is 1. The number of nitrogens with one attached hydrogen (secondary N) is 1. The van der Waals surface area contributed by atoms with E-state index in [2.05, 4.69) is 32.9 Å². The number of nitrogens with zero attached hydrogens (tertiary/aromatic N) is 1. The topological polar surface area (TPSA) is 62.2 Å². The van der Waals surface area contributed by atoms with Gasteiger partial charge in [0.05, 0.1) is 11.7 Å². The fraction of sp³-hybridized carbons (Fsp3) is 0.500. The van der Waals surface area contributed by atoms with E-state index >= 15 is 0 Å². The van der Waals surface area contributed by atoms with E-state index in [1.54, 1.807) is 18.5 Å². The summed E-state index contributed by atoms with van der Waals surface area (Å²) in [5.74, 6) is 0.0194. The molecule has 2 N–H and O–H groups in total. The molecule has 1 aromatic heterocycles. The zero-order valence-corrected chi connectivity index (χ0v) is 12.1. The van der Waals surface area contributed by atoms with Crippen molar-refractivity contribution in [3.8, 4) is 0 Å². The van der Waals surface area contributed by atoms with E-state index in [4.69, 9.17) is 0 Å². The van der Waals surface area contributed by atoms with E-state index in [9.17, 15) is 9.90 Å². The van der Waals surface area contributed by atoms with E-state index < -0.39 is 6.10 Å². The maximum absolute atomic E-state index is 11.8. The summed E-state index contributed by atoms with van der Waals surface area (Å²) >= 11 is 2.07. The molecule has 0 bridgehead atoms. The van der Waals surface area contributed by atoms with Gasteiger partial charge in [-0.05, 0) is 34.6 Å². The molecule has 0 aromatic carbocycles. The summed E-state index contributed by atoms with van der Waals surface area (Å²) in [5, 5.41) is 12.5. The van der Waals surface area contributed by atoms with Crippen molar-refractivity contribution in [2.75, 3.05) is 6.54 Å². The number of rotatable bonds is 5. The van der Waals surface area contributed by atoms with Crippen LogP contribution in [0.25, 0.3) is 0 Å². The zero-order valence-electron chi connectivity index (χ0n) is 9.98. The van der Waals surface area contributed by atoms with Gasteiger partial charge in [-0.1, -0.05) is 20.3 Å². The molecule has 1 amide bonds. The molecule has 1 rings (SSSR count). The number of carbonyl (C=O) groups is 1. The highest BCUT2D eigenvalue weighted by Crippen LogP contribution is 2.10. The quantitative estimate of drug-likeness (QED) is 0.798. The van der Waals surface area contributed by atoms with Gasteiger partial charge in [-0.15, -0.1) is 0 Å². The number of halogens is 1. The maximum atomic E-state index is 11.8. The molecule has 1 aromatic rings. The van der Waals surface area contributed by atoms with Gasteiger partial charge >= 0.3 is 0 Å². The minimum Gasteiger partial charge on any atom is -0.391 e. The molecular formula is C12H17IN2O2. The van der Waals surface area contributed by atoms with E-state index in [0.29, 0.717) is 5.56 Å². The van der Waals surface area contributed by atoms with Gasteiger partial charge < -0.3 is 10.4 Å². The molecule has 5 heteroatoms. The Labute approximate surface area is 115 Å². The first-order chi connectivity index (χ1) is 8.06. The van der Waals surface area contributed by atoms with E-state index in [-0.39, 0.29) is 18.4 Å². The Morgan fingerprint density at radius 2 is 2.35 bits per heavy atom. The molecule has 17 heavy (non-hydrogen) atoms. The second-order valence-electron chi connectivity index (χ2n) is 4.02. The predicted octanol–water partition coefficient (Wildman–Crippen LogP) is 1.82. The first kappa shape index (κ1) is 14.4. The largest absolute Gasteiger partial charge is 0.391 e. The number of amides is 1. The predicted molar refractivity (Wildman–Crippen MR) is 74.7 cm³/mol. The van der Waals surface area contributed by atoms with Gasteiger partial charge in [0, 0.05) is 22.5 Å². The molecule has 0 aliphatic rings. The number of aliphatic hydroxyl groups is 1. The lowest BCUT2D eigenvalue weighted by Gasteiger charge is -2.17. The highest BCUT2D eigenvalue weighted by Gasteiger charge is 2.15. The van der Waals surface area contributed by atoms with Crippen LogP contribution in [0.2, 0.25) is 0 Å². The van der Waals surface area contributed by atoms with Gasteiger partial charge in [0.1, 0.15) is 0 Å². The Balaban J connectivity index is 2.54. The first-order valence-electron chi connectivity index (χ1n) is 5.62. The van der Waals surface area contributed by atoms with Gasteiger partial charge in [-0.25, -0.2) is 0 Å². The van der Waals surface area contributed by atoms with Crippen LogP contribution >= 0.6 is 22.6 Å². The smallest absolute Gasteiger partial charge is 0.252 e. The van der Waals surface area contributed by atoms with Crippen molar-refractivity contribution in [1.29, 1.82) is 0 Å². The Bertz CT molecular complexity index is 385. The maximum Gasteiger partial charge on any atom is 0.252 e.